The zero-order valence-electron chi connectivity index (χ0n) is 11.7. The Balaban J connectivity index is 2.51. The molecule has 20 heavy (non-hydrogen) atoms. The van der Waals surface area contributed by atoms with E-state index in [9.17, 15) is 4.39 Å². The van der Waals surface area contributed by atoms with Crippen molar-refractivity contribution in [2.24, 2.45) is 0 Å². The van der Waals surface area contributed by atoms with Gasteiger partial charge >= 0.3 is 0 Å². The van der Waals surface area contributed by atoms with Crippen molar-refractivity contribution in [3.8, 4) is 5.75 Å². The summed E-state index contributed by atoms with van der Waals surface area (Å²) in [6.07, 6.45) is 0. The molecule has 0 fully saturated rings. The smallest absolute Gasteiger partial charge is 0.124 e. The minimum absolute atomic E-state index is 0.118. The Morgan fingerprint density at radius 1 is 1.20 bits per heavy atom. The SMILES string of the molecule is CNC(c1ccc(Br)c(C)c1)c1cc(F)ccc1OC. The van der Waals surface area contributed by atoms with Crippen molar-refractivity contribution in [3.63, 3.8) is 0 Å². The van der Waals surface area contributed by atoms with Crippen LogP contribution < -0.4 is 10.1 Å². The first-order valence-corrected chi connectivity index (χ1v) is 7.13. The Kier molecular flexibility index (Phi) is 4.78. The number of rotatable bonds is 4. The van der Waals surface area contributed by atoms with Crippen LogP contribution >= 0.6 is 15.9 Å². The minimum atomic E-state index is -0.269. The number of halogens is 2. The molecule has 0 amide bonds. The molecule has 0 aliphatic heterocycles. The van der Waals surface area contributed by atoms with Gasteiger partial charge in [-0.3, -0.25) is 0 Å². The van der Waals surface area contributed by atoms with Gasteiger partial charge in [-0.2, -0.15) is 0 Å². The molecule has 0 saturated heterocycles. The molecule has 0 saturated carbocycles. The standard InChI is InChI=1S/C16H17BrFNO/c1-10-8-11(4-6-14(10)17)16(19-2)13-9-12(18)5-7-15(13)20-3/h4-9,16,19H,1-3H3. The Hall–Kier alpha value is -1.39. The van der Waals surface area contributed by atoms with Gasteiger partial charge in [-0.05, 0) is 49.4 Å². The van der Waals surface area contributed by atoms with Gasteiger partial charge in [0.15, 0.2) is 0 Å². The molecule has 0 heterocycles. The molecule has 1 N–H and O–H groups in total. The third-order valence-electron chi connectivity index (χ3n) is 3.31. The molecule has 106 valence electrons. The van der Waals surface area contributed by atoms with E-state index < -0.39 is 0 Å². The maximum Gasteiger partial charge on any atom is 0.124 e. The molecule has 0 spiro atoms. The van der Waals surface area contributed by atoms with E-state index in [0.717, 1.165) is 21.2 Å². The summed E-state index contributed by atoms with van der Waals surface area (Å²) in [7, 11) is 3.45. The van der Waals surface area contributed by atoms with E-state index >= 15 is 0 Å². The fourth-order valence-corrected chi connectivity index (χ4v) is 2.53. The Bertz CT molecular complexity index is 615. The lowest BCUT2D eigenvalue weighted by molar-refractivity contribution is 0.404. The lowest BCUT2D eigenvalue weighted by Gasteiger charge is -2.20. The lowest BCUT2D eigenvalue weighted by atomic mass is 9.96. The molecule has 0 bridgehead atoms. The zero-order chi connectivity index (χ0) is 14.7. The average molecular weight is 338 g/mol. The van der Waals surface area contributed by atoms with E-state index in [1.54, 1.807) is 13.2 Å². The highest BCUT2D eigenvalue weighted by Gasteiger charge is 2.18. The van der Waals surface area contributed by atoms with Gasteiger partial charge in [0.2, 0.25) is 0 Å². The summed E-state index contributed by atoms with van der Waals surface area (Å²) in [6, 6.07) is 10.5. The summed E-state index contributed by atoms with van der Waals surface area (Å²) in [5.74, 6) is 0.404. The molecule has 0 radical (unpaired) electrons. The van der Waals surface area contributed by atoms with Gasteiger partial charge in [0.05, 0.1) is 13.2 Å². The molecule has 0 aliphatic rings. The predicted molar refractivity (Wildman–Crippen MR) is 82.7 cm³/mol. The largest absolute Gasteiger partial charge is 0.496 e. The number of nitrogens with one attached hydrogen (secondary N) is 1. The number of aryl methyl sites for hydroxylation is 1. The van der Waals surface area contributed by atoms with Gasteiger partial charge in [-0.15, -0.1) is 0 Å². The predicted octanol–water partition coefficient (Wildman–Crippen LogP) is 4.21. The Labute approximate surface area is 127 Å². The molecule has 0 aliphatic carbocycles. The summed E-state index contributed by atoms with van der Waals surface area (Å²) in [5.41, 5.74) is 2.99. The van der Waals surface area contributed by atoms with Crippen molar-refractivity contribution in [1.82, 2.24) is 5.32 Å². The molecule has 0 aromatic heterocycles. The highest BCUT2D eigenvalue weighted by Crippen LogP contribution is 2.32. The lowest BCUT2D eigenvalue weighted by Crippen LogP contribution is -2.18. The summed E-state index contributed by atoms with van der Waals surface area (Å²) < 4.78 is 19.9. The van der Waals surface area contributed by atoms with Gasteiger partial charge in [-0.25, -0.2) is 4.39 Å². The summed E-state index contributed by atoms with van der Waals surface area (Å²) >= 11 is 3.49. The molecule has 2 rings (SSSR count). The highest BCUT2D eigenvalue weighted by molar-refractivity contribution is 9.10. The van der Waals surface area contributed by atoms with Gasteiger partial charge in [0.1, 0.15) is 11.6 Å². The van der Waals surface area contributed by atoms with Crippen molar-refractivity contribution < 1.29 is 9.13 Å². The van der Waals surface area contributed by atoms with Crippen LogP contribution in [0, 0.1) is 12.7 Å². The monoisotopic (exact) mass is 337 g/mol. The number of hydrogen-bond donors (Lipinski definition) is 1. The van der Waals surface area contributed by atoms with Crippen LogP contribution in [0.2, 0.25) is 0 Å². The first kappa shape index (κ1) is 15.0. The average Bonchev–Trinajstić information content (AvgIpc) is 2.44. The third-order valence-corrected chi connectivity index (χ3v) is 4.20. The second-order valence-corrected chi connectivity index (χ2v) is 5.47. The van der Waals surface area contributed by atoms with E-state index in [1.807, 2.05) is 26.1 Å². The van der Waals surface area contributed by atoms with Crippen LogP contribution in [0.25, 0.3) is 0 Å². The molecule has 1 unspecified atom stereocenters. The molecule has 2 nitrogen and oxygen atoms in total. The molecular formula is C16H17BrFNO. The fraction of sp³-hybridized carbons (Fsp3) is 0.250. The van der Waals surface area contributed by atoms with Crippen LogP contribution in [-0.2, 0) is 0 Å². The van der Waals surface area contributed by atoms with Crippen LogP contribution in [0.1, 0.15) is 22.7 Å². The number of hydrogen-bond acceptors (Lipinski definition) is 2. The zero-order valence-corrected chi connectivity index (χ0v) is 13.3. The van der Waals surface area contributed by atoms with E-state index in [-0.39, 0.29) is 11.9 Å². The molecule has 4 heteroatoms. The van der Waals surface area contributed by atoms with Gasteiger partial charge in [0.25, 0.3) is 0 Å². The molecular weight excluding hydrogens is 321 g/mol. The van der Waals surface area contributed by atoms with Crippen molar-refractivity contribution >= 4 is 15.9 Å². The maximum atomic E-state index is 13.5. The maximum absolute atomic E-state index is 13.5. The van der Waals surface area contributed by atoms with Crippen molar-refractivity contribution in [3.05, 3.63) is 63.4 Å². The molecule has 1 atom stereocenters. The molecule has 2 aromatic carbocycles. The third kappa shape index (κ3) is 3.02. The first-order valence-electron chi connectivity index (χ1n) is 6.33. The van der Waals surface area contributed by atoms with E-state index in [2.05, 4.69) is 27.3 Å². The molecule has 2 aromatic rings. The van der Waals surface area contributed by atoms with Gasteiger partial charge < -0.3 is 10.1 Å². The van der Waals surface area contributed by atoms with Crippen molar-refractivity contribution in [1.29, 1.82) is 0 Å². The number of methoxy groups -OCH3 is 1. The highest BCUT2D eigenvalue weighted by atomic mass is 79.9. The van der Waals surface area contributed by atoms with Crippen LogP contribution in [0.15, 0.2) is 40.9 Å². The van der Waals surface area contributed by atoms with Crippen LogP contribution in [0.3, 0.4) is 0 Å². The summed E-state index contributed by atoms with van der Waals surface area (Å²) in [4.78, 5) is 0. The quantitative estimate of drug-likeness (QED) is 0.902. The number of ether oxygens (including phenoxy) is 1. The van der Waals surface area contributed by atoms with Crippen LogP contribution in [0.5, 0.6) is 5.75 Å². The summed E-state index contributed by atoms with van der Waals surface area (Å²) in [5, 5.41) is 3.22. The first-order chi connectivity index (χ1) is 9.56. The van der Waals surface area contributed by atoms with Crippen LogP contribution in [-0.4, -0.2) is 14.2 Å². The Morgan fingerprint density at radius 2 is 1.95 bits per heavy atom. The van der Waals surface area contributed by atoms with E-state index in [0.29, 0.717) is 5.75 Å². The van der Waals surface area contributed by atoms with Crippen molar-refractivity contribution in [2.75, 3.05) is 14.2 Å². The second-order valence-electron chi connectivity index (χ2n) is 4.62. The van der Waals surface area contributed by atoms with Gasteiger partial charge in [-0.1, -0.05) is 28.1 Å². The van der Waals surface area contributed by atoms with E-state index in [4.69, 9.17) is 4.74 Å². The van der Waals surface area contributed by atoms with Crippen LogP contribution in [0.4, 0.5) is 4.39 Å². The minimum Gasteiger partial charge on any atom is -0.496 e. The Morgan fingerprint density at radius 3 is 2.55 bits per heavy atom. The fourth-order valence-electron chi connectivity index (χ4n) is 2.28. The number of benzene rings is 2. The summed E-state index contributed by atoms with van der Waals surface area (Å²) in [6.45, 7) is 2.03. The van der Waals surface area contributed by atoms with Crippen molar-refractivity contribution in [2.45, 2.75) is 13.0 Å². The topological polar surface area (TPSA) is 21.3 Å². The van der Waals surface area contributed by atoms with Gasteiger partial charge in [0, 0.05) is 10.0 Å². The van der Waals surface area contributed by atoms with E-state index in [1.165, 1.54) is 12.1 Å². The second kappa shape index (κ2) is 6.37. The normalized spacial score (nSPS) is 12.2.